The van der Waals surface area contributed by atoms with Crippen molar-refractivity contribution < 1.29 is 23.3 Å². The third kappa shape index (κ3) is 4.51. The molecule has 0 radical (unpaired) electrons. The smallest absolute Gasteiger partial charge is 0.320 e. The minimum atomic E-state index is -1.47. The molecule has 2 atom stereocenters. The zero-order chi connectivity index (χ0) is 17.6. The number of hydrogen-bond donors (Lipinski definition) is 0. The Labute approximate surface area is 139 Å². The molecule has 0 aliphatic carbocycles. The zero-order valence-electron chi connectivity index (χ0n) is 14.0. The first-order chi connectivity index (χ1) is 10.9. The van der Waals surface area contributed by atoms with E-state index in [0.29, 0.717) is 9.80 Å². The van der Waals surface area contributed by atoms with E-state index < -0.39 is 34.6 Å². The Kier molecular flexibility index (Phi) is 7.16. The Morgan fingerprint density at radius 1 is 1.09 bits per heavy atom. The van der Waals surface area contributed by atoms with Gasteiger partial charge < -0.3 is 9.47 Å². The van der Waals surface area contributed by atoms with Gasteiger partial charge in [-0.1, -0.05) is 30.7 Å². The molecule has 0 fully saturated rings. The summed E-state index contributed by atoms with van der Waals surface area (Å²) in [5.41, 5.74) is 1.06. The molecule has 0 bridgehead atoms. The lowest BCUT2D eigenvalue weighted by atomic mass is 9.93. The molecular weight excluding hydrogens is 316 g/mol. The lowest BCUT2D eigenvalue weighted by molar-refractivity contribution is -0.160. The summed E-state index contributed by atoms with van der Waals surface area (Å²) in [6.45, 7) is 5.33. The molecule has 0 saturated heterocycles. The summed E-state index contributed by atoms with van der Waals surface area (Å²) in [6, 6.07) is 7.27. The number of ether oxygens (including phenoxy) is 2. The highest BCUT2D eigenvalue weighted by molar-refractivity contribution is 7.89. The van der Waals surface area contributed by atoms with Crippen LogP contribution in [-0.2, 0) is 29.9 Å². The summed E-state index contributed by atoms with van der Waals surface area (Å²) in [7, 11) is 0.940. The predicted molar refractivity (Wildman–Crippen MR) is 88.0 cm³/mol. The van der Waals surface area contributed by atoms with Crippen LogP contribution in [0.3, 0.4) is 0 Å². The highest BCUT2D eigenvalue weighted by Crippen LogP contribution is 2.29. The van der Waals surface area contributed by atoms with Crippen LogP contribution in [0.1, 0.15) is 19.4 Å². The Hall–Kier alpha value is -1.95. The topological polar surface area (TPSA) is 69.7 Å². The van der Waals surface area contributed by atoms with Gasteiger partial charge in [-0.25, -0.2) is 4.21 Å². The summed E-state index contributed by atoms with van der Waals surface area (Å²) >= 11 is 0. The van der Waals surface area contributed by atoms with Crippen LogP contribution in [0.5, 0.6) is 0 Å². The number of benzene rings is 1. The lowest BCUT2D eigenvalue weighted by Crippen LogP contribution is -2.33. The summed E-state index contributed by atoms with van der Waals surface area (Å²) in [4.78, 5) is 25.0. The van der Waals surface area contributed by atoms with Gasteiger partial charge in [0.05, 0.1) is 25.0 Å². The van der Waals surface area contributed by atoms with E-state index in [0.717, 1.165) is 5.56 Å². The van der Waals surface area contributed by atoms with Crippen LogP contribution >= 0.6 is 0 Å². The van der Waals surface area contributed by atoms with Crippen molar-refractivity contribution in [3.05, 3.63) is 40.8 Å². The summed E-state index contributed by atoms with van der Waals surface area (Å²) in [5, 5.41) is 0. The van der Waals surface area contributed by atoms with Crippen LogP contribution in [0.4, 0.5) is 0 Å². The molecule has 0 aliphatic heterocycles. The highest BCUT2D eigenvalue weighted by atomic mass is 32.2. The quantitative estimate of drug-likeness (QED) is 0.589. The molecule has 5 nitrogen and oxygen atoms in total. The second-order valence-corrected chi connectivity index (χ2v) is 6.57. The average Bonchev–Trinajstić information content (AvgIpc) is 2.55. The molecule has 6 heteroatoms. The summed E-state index contributed by atoms with van der Waals surface area (Å²) in [6.07, 6.45) is 1.67. The van der Waals surface area contributed by atoms with Crippen molar-refractivity contribution in [2.75, 3.05) is 14.2 Å². The predicted octanol–water partition coefficient (Wildman–Crippen LogP) is 2.60. The summed E-state index contributed by atoms with van der Waals surface area (Å²) < 4.78 is 22.2. The van der Waals surface area contributed by atoms with Gasteiger partial charge in [0.1, 0.15) is 0 Å². The van der Waals surface area contributed by atoms with Crippen molar-refractivity contribution in [3.63, 3.8) is 0 Å². The van der Waals surface area contributed by atoms with Crippen molar-refractivity contribution in [1.29, 1.82) is 0 Å². The van der Waals surface area contributed by atoms with Crippen LogP contribution < -0.4 is 0 Å². The number of allylic oxidation sites excluding steroid dienone is 2. The van der Waals surface area contributed by atoms with Crippen LogP contribution in [0.2, 0.25) is 0 Å². The van der Waals surface area contributed by atoms with Gasteiger partial charge in [0, 0.05) is 15.7 Å². The molecule has 126 valence electrons. The normalized spacial score (nSPS) is 14.3. The van der Waals surface area contributed by atoms with Gasteiger partial charge in [-0.05, 0) is 26.0 Å². The van der Waals surface area contributed by atoms with E-state index in [9.17, 15) is 13.8 Å². The van der Waals surface area contributed by atoms with E-state index in [2.05, 4.69) is 9.47 Å². The van der Waals surface area contributed by atoms with Gasteiger partial charge in [0.25, 0.3) is 0 Å². The van der Waals surface area contributed by atoms with Crippen molar-refractivity contribution in [1.82, 2.24) is 0 Å². The van der Waals surface area contributed by atoms with Gasteiger partial charge >= 0.3 is 11.9 Å². The molecule has 0 aliphatic rings. The second kappa shape index (κ2) is 8.62. The molecule has 0 amide bonds. The second-order valence-electron chi connectivity index (χ2n) is 5.09. The molecule has 0 N–H and O–H groups in total. The minimum absolute atomic E-state index is 0.481. The number of aryl methyl sites for hydroxylation is 1. The fourth-order valence-electron chi connectivity index (χ4n) is 2.26. The molecular formula is C17H22O5S. The number of methoxy groups -OCH3 is 2. The van der Waals surface area contributed by atoms with E-state index in [1.54, 1.807) is 32.1 Å². The van der Waals surface area contributed by atoms with Crippen LogP contribution in [0, 0.1) is 18.8 Å². The molecule has 23 heavy (non-hydrogen) atoms. The number of esters is 2. The van der Waals surface area contributed by atoms with Gasteiger partial charge in [0.2, 0.25) is 0 Å². The van der Waals surface area contributed by atoms with Crippen molar-refractivity contribution in [2.45, 2.75) is 25.7 Å². The van der Waals surface area contributed by atoms with Gasteiger partial charge in [-0.3, -0.25) is 9.59 Å². The molecule has 1 rings (SSSR count). The molecule has 1 aromatic carbocycles. The Morgan fingerprint density at radius 3 is 1.96 bits per heavy atom. The van der Waals surface area contributed by atoms with E-state index >= 15 is 0 Å². The maximum absolute atomic E-state index is 12.8. The fourth-order valence-corrected chi connectivity index (χ4v) is 3.60. The maximum atomic E-state index is 12.8. The maximum Gasteiger partial charge on any atom is 0.320 e. The van der Waals surface area contributed by atoms with Crippen LogP contribution in [0.15, 0.2) is 40.1 Å². The molecule has 0 heterocycles. The van der Waals surface area contributed by atoms with Crippen LogP contribution in [0.25, 0.3) is 0 Å². The van der Waals surface area contributed by atoms with E-state index in [4.69, 9.17) is 0 Å². The SMILES string of the molecule is C/C=C(/[C@@H](C)C(C(=O)OC)C(=O)OC)[S@@](=O)c1ccc(C)cc1. The number of carbonyl (C=O) groups is 2. The zero-order valence-corrected chi connectivity index (χ0v) is 14.8. The Morgan fingerprint density at radius 2 is 1.57 bits per heavy atom. The van der Waals surface area contributed by atoms with Gasteiger partial charge in [0.15, 0.2) is 5.92 Å². The average molecular weight is 338 g/mol. The first-order valence-electron chi connectivity index (χ1n) is 7.17. The lowest BCUT2D eigenvalue weighted by Gasteiger charge is -2.22. The van der Waals surface area contributed by atoms with Crippen LogP contribution in [-0.4, -0.2) is 30.4 Å². The first kappa shape index (κ1) is 19.1. The molecule has 0 unspecified atom stereocenters. The van der Waals surface area contributed by atoms with Crippen molar-refractivity contribution in [2.24, 2.45) is 11.8 Å². The third-order valence-corrected chi connectivity index (χ3v) is 5.33. The minimum Gasteiger partial charge on any atom is -0.468 e. The number of rotatable bonds is 6. The standard InChI is InChI=1S/C17H22O5S/c1-6-14(23(20)13-9-7-11(2)8-10-13)12(3)15(16(18)21-4)17(19)22-5/h6-10,12,15H,1-5H3/b14-6-/t12-,23+/m1/s1. The number of hydrogen-bond acceptors (Lipinski definition) is 5. The van der Waals surface area contributed by atoms with Gasteiger partial charge in [-0.15, -0.1) is 0 Å². The summed E-state index contributed by atoms with van der Waals surface area (Å²) in [5.74, 6) is -3.16. The molecule has 0 saturated carbocycles. The largest absolute Gasteiger partial charge is 0.468 e. The number of carbonyl (C=O) groups excluding carboxylic acids is 2. The third-order valence-electron chi connectivity index (χ3n) is 3.59. The van der Waals surface area contributed by atoms with Crippen molar-refractivity contribution >= 4 is 22.7 Å². The van der Waals surface area contributed by atoms with E-state index in [1.807, 2.05) is 19.1 Å². The van der Waals surface area contributed by atoms with E-state index in [1.165, 1.54) is 14.2 Å². The Balaban J connectivity index is 3.16. The molecule has 0 spiro atoms. The first-order valence-corrected chi connectivity index (χ1v) is 8.32. The van der Waals surface area contributed by atoms with Crippen molar-refractivity contribution in [3.8, 4) is 0 Å². The molecule has 0 aromatic heterocycles. The fraction of sp³-hybridized carbons (Fsp3) is 0.412. The van der Waals surface area contributed by atoms with Gasteiger partial charge in [-0.2, -0.15) is 0 Å². The Bertz CT molecular complexity index is 602. The van der Waals surface area contributed by atoms with E-state index in [-0.39, 0.29) is 0 Å². The monoisotopic (exact) mass is 338 g/mol. The highest BCUT2D eigenvalue weighted by Gasteiger charge is 2.37. The molecule has 1 aromatic rings.